The van der Waals surface area contributed by atoms with Crippen LogP contribution in [0.25, 0.3) is 0 Å². The van der Waals surface area contributed by atoms with Crippen LogP contribution in [0.2, 0.25) is 5.02 Å². The summed E-state index contributed by atoms with van der Waals surface area (Å²) in [5.41, 5.74) is 9.57. The fraction of sp³-hybridized carbons (Fsp3) is 0.294. The molecule has 0 bridgehead atoms. The molecule has 0 aliphatic carbocycles. The Labute approximate surface area is 140 Å². The molecule has 0 radical (unpaired) electrons. The fourth-order valence-electron chi connectivity index (χ4n) is 2.64. The van der Waals surface area contributed by atoms with Crippen LogP contribution in [0.3, 0.4) is 0 Å². The molecule has 1 atom stereocenters. The summed E-state index contributed by atoms with van der Waals surface area (Å²) in [6.07, 6.45) is 0. The number of halogens is 2. The molecule has 0 fully saturated rings. The first-order valence-electron chi connectivity index (χ1n) is 7.05. The van der Waals surface area contributed by atoms with Gasteiger partial charge in [0.05, 0.1) is 6.04 Å². The summed E-state index contributed by atoms with van der Waals surface area (Å²) in [7, 11) is 0. The molecule has 4 heteroatoms. The second kappa shape index (κ2) is 7.30. The maximum Gasteiger partial charge on any atom is 0.0679 e. The molecule has 112 valence electrons. The molecule has 2 aromatic rings. The van der Waals surface area contributed by atoms with Crippen molar-refractivity contribution in [3.8, 4) is 0 Å². The standard InChI is InChI=1S/C17H20BrClN2/c1-3-21(16-7-5-4-6-12(16)2)17(11-20)14-9-8-13(18)10-15(14)19/h4-10,17H,3,11,20H2,1-2H3. The van der Waals surface area contributed by atoms with Crippen LogP contribution in [0.5, 0.6) is 0 Å². The molecule has 0 aliphatic heterocycles. The molecule has 0 aromatic heterocycles. The van der Waals surface area contributed by atoms with Gasteiger partial charge >= 0.3 is 0 Å². The third kappa shape index (κ3) is 3.60. The predicted molar refractivity (Wildman–Crippen MR) is 95.1 cm³/mol. The highest BCUT2D eigenvalue weighted by Crippen LogP contribution is 2.33. The highest BCUT2D eigenvalue weighted by molar-refractivity contribution is 9.10. The SMILES string of the molecule is CCN(c1ccccc1C)C(CN)c1ccc(Br)cc1Cl. The van der Waals surface area contributed by atoms with Crippen molar-refractivity contribution in [3.05, 3.63) is 63.1 Å². The number of para-hydroxylation sites is 1. The van der Waals surface area contributed by atoms with Gasteiger partial charge in [-0.1, -0.05) is 51.8 Å². The Morgan fingerprint density at radius 2 is 1.95 bits per heavy atom. The number of aryl methyl sites for hydroxylation is 1. The van der Waals surface area contributed by atoms with E-state index in [0.717, 1.165) is 21.6 Å². The summed E-state index contributed by atoms with van der Waals surface area (Å²) in [5.74, 6) is 0. The van der Waals surface area contributed by atoms with Crippen LogP contribution in [0.1, 0.15) is 24.1 Å². The van der Waals surface area contributed by atoms with E-state index in [0.29, 0.717) is 6.54 Å². The number of nitrogens with two attached hydrogens (primary N) is 1. The van der Waals surface area contributed by atoms with Crippen LogP contribution in [0, 0.1) is 6.92 Å². The fourth-order valence-corrected chi connectivity index (χ4v) is 3.44. The van der Waals surface area contributed by atoms with Crippen molar-refractivity contribution in [1.29, 1.82) is 0 Å². The van der Waals surface area contributed by atoms with E-state index in [1.54, 1.807) is 0 Å². The zero-order chi connectivity index (χ0) is 15.4. The molecule has 2 aromatic carbocycles. The van der Waals surface area contributed by atoms with Crippen molar-refractivity contribution in [2.45, 2.75) is 19.9 Å². The summed E-state index contributed by atoms with van der Waals surface area (Å²) < 4.78 is 0.978. The molecular formula is C17H20BrClN2. The summed E-state index contributed by atoms with van der Waals surface area (Å²) >= 11 is 9.87. The molecule has 0 spiro atoms. The summed E-state index contributed by atoms with van der Waals surface area (Å²) in [4.78, 5) is 2.31. The number of hydrogen-bond acceptors (Lipinski definition) is 2. The normalized spacial score (nSPS) is 12.2. The summed E-state index contributed by atoms with van der Waals surface area (Å²) in [5, 5.41) is 0.742. The monoisotopic (exact) mass is 366 g/mol. The van der Waals surface area contributed by atoms with Gasteiger partial charge in [0.15, 0.2) is 0 Å². The topological polar surface area (TPSA) is 29.3 Å². The van der Waals surface area contributed by atoms with Crippen LogP contribution in [-0.2, 0) is 0 Å². The average molecular weight is 368 g/mol. The van der Waals surface area contributed by atoms with E-state index in [2.05, 4.69) is 58.9 Å². The van der Waals surface area contributed by atoms with E-state index in [-0.39, 0.29) is 6.04 Å². The predicted octanol–water partition coefficient (Wildman–Crippen LogP) is 4.94. The highest BCUT2D eigenvalue weighted by atomic mass is 79.9. The first kappa shape index (κ1) is 16.3. The lowest BCUT2D eigenvalue weighted by atomic mass is 10.0. The largest absolute Gasteiger partial charge is 0.363 e. The van der Waals surface area contributed by atoms with Gasteiger partial charge in [0.25, 0.3) is 0 Å². The molecule has 2 nitrogen and oxygen atoms in total. The second-order valence-electron chi connectivity index (χ2n) is 4.99. The Kier molecular flexibility index (Phi) is 5.68. The number of rotatable bonds is 5. The molecule has 0 amide bonds. The maximum absolute atomic E-state index is 6.42. The van der Waals surface area contributed by atoms with Gasteiger partial charge in [0, 0.05) is 28.3 Å². The molecule has 0 heterocycles. The van der Waals surface area contributed by atoms with Crippen molar-refractivity contribution in [2.75, 3.05) is 18.0 Å². The molecular weight excluding hydrogens is 348 g/mol. The molecule has 0 saturated heterocycles. The van der Waals surface area contributed by atoms with Crippen molar-refractivity contribution < 1.29 is 0 Å². The van der Waals surface area contributed by atoms with Crippen LogP contribution in [-0.4, -0.2) is 13.1 Å². The second-order valence-corrected chi connectivity index (χ2v) is 6.31. The lowest BCUT2D eigenvalue weighted by molar-refractivity contribution is 0.642. The number of benzene rings is 2. The molecule has 2 N–H and O–H groups in total. The van der Waals surface area contributed by atoms with Gasteiger partial charge < -0.3 is 10.6 Å². The van der Waals surface area contributed by atoms with E-state index < -0.39 is 0 Å². The smallest absolute Gasteiger partial charge is 0.0679 e. The number of likely N-dealkylation sites (N-methyl/N-ethyl adjacent to an activating group) is 1. The first-order valence-corrected chi connectivity index (χ1v) is 8.22. The highest BCUT2D eigenvalue weighted by Gasteiger charge is 2.21. The minimum atomic E-state index is 0.0664. The Balaban J connectivity index is 2.45. The molecule has 21 heavy (non-hydrogen) atoms. The van der Waals surface area contributed by atoms with Gasteiger partial charge in [0.1, 0.15) is 0 Å². The first-order chi connectivity index (χ1) is 10.1. The third-order valence-corrected chi connectivity index (χ3v) is 4.51. The zero-order valence-electron chi connectivity index (χ0n) is 12.3. The molecule has 2 rings (SSSR count). The Bertz CT molecular complexity index is 615. The number of hydrogen-bond donors (Lipinski definition) is 1. The van der Waals surface area contributed by atoms with E-state index in [1.807, 2.05) is 18.2 Å². The van der Waals surface area contributed by atoms with Gasteiger partial charge in [-0.25, -0.2) is 0 Å². The maximum atomic E-state index is 6.42. The van der Waals surface area contributed by atoms with Crippen LogP contribution in [0.15, 0.2) is 46.9 Å². The van der Waals surface area contributed by atoms with Crippen molar-refractivity contribution in [3.63, 3.8) is 0 Å². The number of nitrogens with zero attached hydrogens (tertiary/aromatic N) is 1. The third-order valence-electron chi connectivity index (χ3n) is 3.69. The number of anilines is 1. The molecule has 1 unspecified atom stereocenters. The van der Waals surface area contributed by atoms with Gasteiger partial charge in [-0.2, -0.15) is 0 Å². The Morgan fingerprint density at radius 3 is 2.52 bits per heavy atom. The summed E-state index contributed by atoms with van der Waals surface area (Å²) in [6, 6.07) is 14.4. The van der Waals surface area contributed by atoms with Gasteiger partial charge in [-0.3, -0.25) is 0 Å². The van der Waals surface area contributed by atoms with Crippen LogP contribution >= 0.6 is 27.5 Å². The minimum absolute atomic E-state index is 0.0664. The Hall–Kier alpha value is -1.03. The van der Waals surface area contributed by atoms with Crippen molar-refractivity contribution in [2.24, 2.45) is 5.73 Å². The van der Waals surface area contributed by atoms with Gasteiger partial charge in [-0.15, -0.1) is 0 Å². The minimum Gasteiger partial charge on any atom is -0.363 e. The van der Waals surface area contributed by atoms with E-state index in [1.165, 1.54) is 11.3 Å². The van der Waals surface area contributed by atoms with Crippen molar-refractivity contribution in [1.82, 2.24) is 0 Å². The molecule has 0 aliphatic rings. The Morgan fingerprint density at radius 1 is 1.24 bits per heavy atom. The summed E-state index contributed by atoms with van der Waals surface area (Å²) in [6.45, 7) is 5.65. The van der Waals surface area contributed by atoms with E-state index in [9.17, 15) is 0 Å². The van der Waals surface area contributed by atoms with Gasteiger partial charge in [-0.05, 0) is 43.2 Å². The lowest BCUT2D eigenvalue weighted by Crippen LogP contribution is -2.34. The lowest BCUT2D eigenvalue weighted by Gasteiger charge is -2.34. The zero-order valence-corrected chi connectivity index (χ0v) is 14.7. The quantitative estimate of drug-likeness (QED) is 0.811. The molecule has 0 saturated carbocycles. The average Bonchev–Trinajstić information content (AvgIpc) is 2.47. The van der Waals surface area contributed by atoms with Gasteiger partial charge in [0.2, 0.25) is 0 Å². The van der Waals surface area contributed by atoms with E-state index in [4.69, 9.17) is 17.3 Å². The van der Waals surface area contributed by atoms with E-state index >= 15 is 0 Å². The van der Waals surface area contributed by atoms with Crippen LogP contribution < -0.4 is 10.6 Å². The van der Waals surface area contributed by atoms with Crippen molar-refractivity contribution >= 4 is 33.2 Å². The van der Waals surface area contributed by atoms with Crippen LogP contribution in [0.4, 0.5) is 5.69 Å².